The molecule has 0 atom stereocenters. The van der Waals surface area contributed by atoms with E-state index in [9.17, 15) is 4.79 Å². The van der Waals surface area contributed by atoms with E-state index in [1.54, 1.807) is 6.07 Å². The van der Waals surface area contributed by atoms with Gasteiger partial charge in [0, 0.05) is 0 Å². The van der Waals surface area contributed by atoms with Crippen LogP contribution < -0.4 is 0 Å². The molecule has 2 aromatic heterocycles. The van der Waals surface area contributed by atoms with E-state index in [1.165, 1.54) is 10.7 Å². The maximum atomic E-state index is 10.6. The number of hydrogen-bond donors (Lipinski definition) is 1. The number of aryl methyl sites for hydroxylation is 1. The van der Waals surface area contributed by atoms with Crippen molar-refractivity contribution in [3.8, 4) is 0 Å². The summed E-state index contributed by atoms with van der Waals surface area (Å²) in [7, 11) is 0. The van der Waals surface area contributed by atoms with Crippen molar-refractivity contribution in [2.24, 2.45) is 0 Å². The third-order valence-electron chi connectivity index (χ3n) is 1.96. The second kappa shape index (κ2) is 3.10. The number of aromatic carboxylic acids is 1. The summed E-state index contributed by atoms with van der Waals surface area (Å²) >= 11 is 0. The number of hydrogen-bond acceptors (Lipinski definition) is 3. The van der Waals surface area contributed by atoms with E-state index >= 15 is 0 Å². The minimum absolute atomic E-state index is 0.0192. The molecule has 0 unspecified atom stereocenters. The lowest BCUT2D eigenvalue weighted by atomic mass is 10.3. The number of fused-ring (bicyclic) bond motifs is 1. The molecule has 2 aromatic rings. The Morgan fingerprint density at radius 1 is 1.57 bits per heavy atom. The highest BCUT2D eigenvalue weighted by molar-refractivity contribution is 5.85. The fourth-order valence-corrected chi connectivity index (χ4v) is 1.21. The second-order valence-electron chi connectivity index (χ2n) is 2.91. The first kappa shape index (κ1) is 8.68. The van der Waals surface area contributed by atoms with E-state index in [-0.39, 0.29) is 5.69 Å². The normalized spacial score (nSPS) is 10.6. The summed E-state index contributed by atoms with van der Waals surface area (Å²) in [6, 6.07) is 3.60. The summed E-state index contributed by atoms with van der Waals surface area (Å²) in [6.07, 6.45) is 2.23. The first-order chi connectivity index (χ1) is 6.70. The van der Waals surface area contributed by atoms with E-state index < -0.39 is 5.97 Å². The minimum atomic E-state index is -1.03. The highest BCUT2D eigenvalue weighted by Gasteiger charge is 2.08. The number of imidazole rings is 1. The first-order valence-corrected chi connectivity index (χ1v) is 4.29. The predicted octanol–water partition coefficient (Wildman–Crippen LogP) is 0.990. The Labute approximate surface area is 80.0 Å². The molecule has 0 aliphatic carbocycles. The van der Waals surface area contributed by atoms with Gasteiger partial charge in [-0.25, -0.2) is 14.3 Å². The van der Waals surface area contributed by atoms with Gasteiger partial charge in [0.05, 0.1) is 11.9 Å². The number of nitrogens with zero attached hydrogens (tertiary/aromatic N) is 3. The highest BCUT2D eigenvalue weighted by atomic mass is 16.4. The summed E-state index contributed by atoms with van der Waals surface area (Å²) in [5, 5.41) is 12.9. The van der Waals surface area contributed by atoms with Crippen LogP contribution >= 0.6 is 0 Å². The van der Waals surface area contributed by atoms with Crippen LogP contribution in [0, 0.1) is 0 Å². The Morgan fingerprint density at radius 3 is 3.00 bits per heavy atom. The van der Waals surface area contributed by atoms with Gasteiger partial charge in [0.1, 0.15) is 0 Å². The van der Waals surface area contributed by atoms with E-state index in [1.807, 2.05) is 13.0 Å². The van der Waals surface area contributed by atoms with Gasteiger partial charge >= 0.3 is 5.97 Å². The molecule has 0 spiro atoms. The third kappa shape index (κ3) is 1.32. The molecule has 0 aliphatic rings. The van der Waals surface area contributed by atoms with Crippen molar-refractivity contribution >= 4 is 11.6 Å². The van der Waals surface area contributed by atoms with Gasteiger partial charge in [0.2, 0.25) is 0 Å². The van der Waals surface area contributed by atoms with Crippen molar-refractivity contribution in [1.29, 1.82) is 0 Å². The highest BCUT2D eigenvalue weighted by Crippen LogP contribution is 2.05. The fraction of sp³-hybridized carbons (Fsp3) is 0.222. The number of carboxylic acids is 1. The molecule has 0 amide bonds. The summed E-state index contributed by atoms with van der Waals surface area (Å²) in [5.41, 5.74) is 1.48. The van der Waals surface area contributed by atoms with Crippen LogP contribution in [-0.4, -0.2) is 25.7 Å². The van der Waals surface area contributed by atoms with Crippen LogP contribution in [0.3, 0.4) is 0 Å². The second-order valence-corrected chi connectivity index (χ2v) is 2.91. The van der Waals surface area contributed by atoms with Crippen molar-refractivity contribution < 1.29 is 9.90 Å². The zero-order valence-corrected chi connectivity index (χ0v) is 7.64. The zero-order chi connectivity index (χ0) is 10.1. The molecule has 2 rings (SSSR count). The van der Waals surface area contributed by atoms with E-state index in [4.69, 9.17) is 5.11 Å². The summed E-state index contributed by atoms with van der Waals surface area (Å²) in [5.74, 6) is -1.03. The van der Waals surface area contributed by atoms with Crippen molar-refractivity contribution in [2.45, 2.75) is 13.3 Å². The van der Waals surface area contributed by atoms with Crippen LogP contribution in [0.4, 0.5) is 0 Å². The van der Waals surface area contributed by atoms with Gasteiger partial charge in [0.15, 0.2) is 11.3 Å². The molecule has 0 radical (unpaired) electrons. The number of carbonyl (C=O) groups is 1. The summed E-state index contributed by atoms with van der Waals surface area (Å²) in [6.45, 7) is 1.99. The lowest BCUT2D eigenvalue weighted by Crippen LogP contribution is -1.95. The Hall–Kier alpha value is -1.91. The van der Waals surface area contributed by atoms with Crippen molar-refractivity contribution in [3.05, 3.63) is 29.7 Å². The Bertz CT molecular complexity index is 490. The number of carboxylic acid groups (broad SMARTS) is 1. The third-order valence-corrected chi connectivity index (χ3v) is 1.96. The lowest BCUT2D eigenvalue weighted by molar-refractivity contribution is 0.0691. The first-order valence-electron chi connectivity index (χ1n) is 4.29. The molecular weight excluding hydrogens is 182 g/mol. The van der Waals surface area contributed by atoms with Crippen molar-refractivity contribution in [3.63, 3.8) is 0 Å². The van der Waals surface area contributed by atoms with Crippen LogP contribution in [0.1, 0.15) is 23.1 Å². The molecule has 5 heteroatoms. The molecule has 0 saturated heterocycles. The molecule has 0 bridgehead atoms. The lowest BCUT2D eigenvalue weighted by Gasteiger charge is -1.95. The van der Waals surface area contributed by atoms with Gasteiger partial charge in [-0.3, -0.25) is 0 Å². The summed E-state index contributed by atoms with van der Waals surface area (Å²) < 4.78 is 1.49. The van der Waals surface area contributed by atoms with E-state index in [0.717, 1.165) is 12.1 Å². The van der Waals surface area contributed by atoms with Crippen molar-refractivity contribution in [2.75, 3.05) is 0 Å². The topological polar surface area (TPSA) is 67.5 Å². The number of rotatable bonds is 2. The fourth-order valence-electron chi connectivity index (χ4n) is 1.21. The predicted molar refractivity (Wildman–Crippen MR) is 49.3 cm³/mol. The van der Waals surface area contributed by atoms with Gasteiger partial charge in [-0.15, -0.1) is 0 Å². The molecular formula is C9H9N3O2. The Morgan fingerprint density at radius 2 is 2.36 bits per heavy atom. The quantitative estimate of drug-likeness (QED) is 0.768. The molecule has 0 aromatic carbocycles. The zero-order valence-electron chi connectivity index (χ0n) is 7.64. The average molecular weight is 191 g/mol. The van der Waals surface area contributed by atoms with Gasteiger partial charge < -0.3 is 5.11 Å². The molecule has 0 saturated carbocycles. The van der Waals surface area contributed by atoms with Gasteiger partial charge in [-0.1, -0.05) is 6.92 Å². The van der Waals surface area contributed by atoms with E-state index in [0.29, 0.717) is 5.65 Å². The molecule has 72 valence electrons. The molecule has 0 fully saturated rings. The average Bonchev–Trinajstić information content (AvgIpc) is 2.59. The van der Waals surface area contributed by atoms with Gasteiger partial charge in [-0.05, 0) is 18.6 Å². The largest absolute Gasteiger partial charge is 0.476 e. The maximum absolute atomic E-state index is 10.6. The molecule has 2 heterocycles. The SMILES string of the molecule is CCc1ccc2nc(C(=O)O)cn2n1. The molecule has 5 nitrogen and oxygen atoms in total. The minimum Gasteiger partial charge on any atom is -0.476 e. The van der Waals surface area contributed by atoms with Gasteiger partial charge in [-0.2, -0.15) is 5.10 Å². The van der Waals surface area contributed by atoms with Crippen molar-refractivity contribution in [1.82, 2.24) is 14.6 Å². The van der Waals surface area contributed by atoms with Crippen LogP contribution in [-0.2, 0) is 6.42 Å². The molecule has 0 aliphatic heterocycles. The maximum Gasteiger partial charge on any atom is 0.356 e. The monoisotopic (exact) mass is 191 g/mol. The molecule has 1 N–H and O–H groups in total. The summed E-state index contributed by atoms with van der Waals surface area (Å²) in [4.78, 5) is 14.5. The number of aromatic nitrogens is 3. The van der Waals surface area contributed by atoms with Crippen LogP contribution in [0.15, 0.2) is 18.3 Å². The van der Waals surface area contributed by atoms with Crippen LogP contribution in [0.25, 0.3) is 5.65 Å². The van der Waals surface area contributed by atoms with Crippen LogP contribution in [0.5, 0.6) is 0 Å². The van der Waals surface area contributed by atoms with Gasteiger partial charge in [0.25, 0.3) is 0 Å². The van der Waals surface area contributed by atoms with E-state index in [2.05, 4.69) is 10.1 Å². The standard InChI is InChI=1S/C9H9N3O2/c1-2-6-3-4-8-10-7(9(13)14)5-12(8)11-6/h3-5H,2H2,1H3,(H,13,14). The Balaban J connectivity index is 2.60. The van der Waals surface area contributed by atoms with Crippen LogP contribution in [0.2, 0.25) is 0 Å². The Kier molecular flexibility index (Phi) is 1.92. The molecule has 14 heavy (non-hydrogen) atoms. The smallest absolute Gasteiger partial charge is 0.356 e.